The maximum absolute atomic E-state index is 16.8. The Morgan fingerprint density at radius 2 is 1.20 bits per heavy atom. The van der Waals surface area contributed by atoms with Gasteiger partial charge in [-0.2, -0.15) is 19.4 Å². The molecule has 0 radical (unpaired) electrons. The molecule has 0 aliphatic carbocycles. The van der Waals surface area contributed by atoms with Crippen LogP contribution in [-0.4, -0.2) is 70.7 Å². The lowest BCUT2D eigenvalue weighted by atomic mass is 9.77. The van der Waals surface area contributed by atoms with Gasteiger partial charge in [0, 0.05) is 6.42 Å². The molecule has 11 rings (SSSR count). The normalized spacial score (nSPS) is 16.8. The molecule has 452 valence electrons. The minimum absolute atomic E-state index is 0.0488. The van der Waals surface area contributed by atoms with Crippen LogP contribution in [0.25, 0.3) is 11.2 Å². The molecule has 1 fully saturated rings. The maximum atomic E-state index is 16.8. The van der Waals surface area contributed by atoms with Crippen molar-refractivity contribution in [2.45, 2.75) is 74.1 Å². The fourth-order valence-corrected chi connectivity index (χ4v) is 13.0. The first-order chi connectivity index (χ1) is 43.5. The summed E-state index contributed by atoms with van der Waals surface area (Å²) in [5, 5.41) is 6.68. The fraction of sp³-hybridized carbons (Fsp3) is 0.222. The number of fused-ring (bicyclic) bond motifs is 1. The predicted octanol–water partition coefficient (Wildman–Crippen LogP) is 14.2. The van der Waals surface area contributed by atoms with Crippen LogP contribution in [0.1, 0.15) is 77.8 Å². The first-order valence-corrected chi connectivity index (χ1v) is 31.1. The molecule has 1 aliphatic rings. The van der Waals surface area contributed by atoms with E-state index in [0.717, 1.165) is 46.2 Å². The summed E-state index contributed by atoms with van der Waals surface area (Å²) in [5.41, 5.74) is 0.948. The first kappa shape index (κ1) is 61.2. The number of para-hydroxylation sites is 1. The topological polar surface area (TPSA) is 166 Å². The third-order valence-electron chi connectivity index (χ3n) is 15.9. The van der Waals surface area contributed by atoms with Crippen molar-refractivity contribution in [2.24, 2.45) is 0 Å². The van der Waals surface area contributed by atoms with E-state index in [2.05, 4.69) is 33.2 Å². The summed E-state index contributed by atoms with van der Waals surface area (Å²) >= 11 is 0. The molecule has 1 unspecified atom stereocenters. The van der Waals surface area contributed by atoms with Crippen LogP contribution in [0, 0.1) is 18.4 Å². The first-order valence-electron chi connectivity index (χ1n) is 29.5. The molecule has 0 spiro atoms. The highest BCUT2D eigenvalue weighted by molar-refractivity contribution is 7.52. The number of nitrogens with one attached hydrogen (secondary N) is 2. The molecule has 1 saturated heterocycles. The number of carbonyl (C=O) groups excluding carboxylic acids is 1. The molecule has 15 nitrogen and oxygen atoms in total. The number of carbonyl (C=O) groups is 1. The molecule has 89 heavy (non-hydrogen) atoms. The van der Waals surface area contributed by atoms with Gasteiger partial charge in [0.05, 0.1) is 27.2 Å². The van der Waals surface area contributed by atoms with Gasteiger partial charge in [0.1, 0.15) is 53.4 Å². The van der Waals surface area contributed by atoms with E-state index in [1.807, 2.05) is 200 Å². The van der Waals surface area contributed by atoms with Crippen molar-refractivity contribution >= 4 is 30.7 Å². The van der Waals surface area contributed by atoms with Crippen LogP contribution in [0.5, 0.6) is 17.2 Å². The smallest absolute Gasteiger partial charge is 0.459 e. The second-order valence-electron chi connectivity index (χ2n) is 21.5. The summed E-state index contributed by atoms with van der Waals surface area (Å²) in [4.78, 5) is 28.1. The summed E-state index contributed by atoms with van der Waals surface area (Å²) in [7, 11) is -1.53. The zero-order valence-electron chi connectivity index (χ0n) is 49.6. The molecule has 17 heteroatoms. The Labute approximate surface area is 517 Å². The highest BCUT2D eigenvalue weighted by Crippen LogP contribution is 2.52. The fourth-order valence-electron chi connectivity index (χ4n) is 11.5. The van der Waals surface area contributed by atoms with Gasteiger partial charge in [-0.3, -0.25) is 13.9 Å². The predicted molar refractivity (Wildman–Crippen MR) is 340 cm³/mol. The molecule has 8 aromatic carbocycles. The van der Waals surface area contributed by atoms with E-state index in [1.54, 1.807) is 49.1 Å². The molecular weight excluding hydrogens is 1140 g/mol. The average Bonchev–Trinajstić information content (AvgIpc) is 1.77. The second kappa shape index (κ2) is 27.7. The van der Waals surface area contributed by atoms with E-state index >= 15 is 8.96 Å². The number of hydrogen-bond acceptors (Lipinski definition) is 13. The number of ether oxygens (including phenoxy) is 5. The Hall–Kier alpha value is -9.46. The van der Waals surface area contributed by atoms with E-state index in [9.17, 15) is 4.79 Å². The van der Waals surface area contributed by atoms with Gasteiger partial charge in [0.2, 0.25) is 0 Å². The number of benzene rings is 8. The Bertz CT molecular complexity index is 3940. The van der Waals surface area contributed by atoms with E-state index in [4.69, 9.17) is 44.1 Å². The highest BCUT2D eigenvalue weighted by Gasteiger charge is 2.56. The molecule has 0 amide bonds. The van der Waals surface area contributed by atoms with Crippen molar-refractivity contribution in [1.29, 1.82) is 0 Å². The Morgan fingerprint density at radius 3 is 1.74 bits per heavy atom. The van der Waals surface area contributed by atoms with Crippen LogP contribution >= 0.6 is 7.75 Å². The van der Waals surface area contributed by atoms with Crippen LogP contribution in [0.2, 0.25) is 0 Å². The van der Waals surface area contributed by atoms with Gasteiger partial charge in [-0.25, -0.2) is 9.55 Å². The number of imidazole rings is 1. The van der Waals surface area contributed by atoms with E-state index in [1.165, 1.54) is 6.33 Å². The molecule has 2 N–H and O–H groups in total. The zero-order chi connectivity index (χ0) is 61.7. The number of aromatic nitrogens is 4. The average molecular weight is 1210 g/mol. The van der Waals surface area contributed by atoms with Crippen LogP contribution in [0.3, 0.4) is 0 Å². The summed E-state index contributed by atoms with van der Waals surface area (Å²) in [6, 6.07) is 70.7. The molecule has 10 aromatic rings. The van der Waals surface area contributed by atoms with Gasteiger partial charge < -0.3 is 33.5 Å². The zero-order valence-corrected chi connectivity index (χ0v) is 50.5. The van der Waals surface area contributed by atoms with Crippen molar-refractivity contribution in [2.75, 3.05) is 32.8 Å². The van der Waals surface area contributed by atoms with Gasteiger partial charge in [-0.1, -0.05) is 220 Å². The molecule has 0 bridgehead atoms. The van der Waals surface area contributed by atoms with Crippen LogP contribution in [-0.2, 0) is 45.7 Å². The minimum Gasteiger partial charge on any atom is -0.497 e. The Kier molecular flexibility index (Phi) is 19.1. The SMILES string of the molecule is C#C[C@]1(COP(=O)(N[C@@H](Cc2ccccc2)C(=O)OCCCCC)Oc2ccccc2)O[C@@H](n2cnc3c(NC(c4ccccc4)(c4ccccc4)c4ccc(OC)cc4)nc(F)nc32)C[C@@H]1OC(c1ccccc1)(c1ccccc1)c1ccc(OC)cc1. The Balaban J connectivity index is 1.05. The van der Waals surface area contributed by atoms with Crippen molar-refractivity contribution in [3.63, 3.8) is 0 Å². The lowest BCUT2D eigenvalue weighted by Gasteiger charge is -2.41. The van der Waals surface area contributed by atoms with Gasteiger partial charge in [-0.15, -0.1) is 6.42 Å². The van der Waals surface area contributed by atoms with E-state index < -0.39 is 61.5 Å². The van der Waals surface area contributed by atoms with Crippen molar-refractivity contribution < 1.29 is 46.5 Å². The molecule has 2 aromatic heterocycles. The minimum atomic E-state index is -4.74. The van der Waals surface area contributed by atoms with Crippen LogP contribution in [0.15, 0.2) is 237 Å². The quantitative estimate of drug-likeness (QED) is 0.0125. The number of hydrogen-bond donors (Lipinski definition) is 2. The largest absolute Gasteiger partial charge is 0.497 e. The van der Waals surface area contributed by atoms with Gasteiger partial charge >= 0.3 is 19.8 Å². The number of esters is 1. The third kappa shape index (κ3) is 13.2. The number of nitrogens with zero attached hydrogens (tertiary/aromatic N) is 4. The molecule has 5 atom stereocenters. The number of anilines is 1. The molecular formula is C72H68FN6O9P. The number of unbranched alkanes of at least 4 members (excludes halogenated alkanes) is 2. The van der Waals surface area contributed by atoms with E-state index in [-0.39, 0.29) is 42.2 Å². The number of terminal acetylenes is 1. The highest BCUT2D eigenvalue weighted by atomic mass is 31.2. The van der Waals surface area contributed by atoms with Crippen LogP contribution < -0.4 is 24.4 Å². The Morgan fingerprint density at radius 1 is 0.697 bits per heavy atom. The van der Waals surface area contributed by atoms with Crippen molar-refractivity contribution in [1.82, 2.24) is 24.6 Å². The number of halogens is 1. The lowest BCUT2D eigenvalue weighted by molar-refractivity contribution is -0.146. The van der Waals surface area contributed by atoms with Gasteiger partial charge in [-0.05, 0) is 88.2 Å². The number of rotatable bonds is 27. The van der Waals surface area contributed by atoms with Crippen molar-refractivity contribution in [3.8, 4) is 29.6 Å². The number of methoxy groups -OCH3 is 2. The molecule has 0 saturated carbocycles. The maximum Gasteiger partial charge on any atom is 0.459 e. The summed E-state index contributed by atoms with van der Waals surface area (Å²) in [5.74, 6) is 3.76. The standard InChI is InChI=1S/C72H68FN6O9P/c1-5-7-26-47-84-68(80)62(48-52-27-14-8-15-28-52)78-89(81,88-61-37-24-13-25-38-61)85-50-70(6-2)63(86-72(56-33-20-11-21-34-56,57-35-22-12-23-36-57)58-41-45-60(83-4)46-42-58)49-64(87-70)79-51-74-65-66(75-69(73)76-67(65)79)77-71(53-29-16-9-17-30-53,54-31-18-10-19-32-54)55-39-43-59(82-3)44-40-55/h2,8-25,27-46,51,62-64H,5,7,26,47-50H2,1,3-4H3,(H,78,81)(H,75,76,77)/t62-,63-,64+,70+,89?/m0/s1. The third-order valence-corrected chi connectivity index (χ3v) is 17.5. The van der Waals surface area contributed by atoms with Gasteiger partial charge in [0.25, 0.3) is 0 Å². The van der Waals surface area contributed by atoms with Crippen molar-refractivity contribution in [3.05, 3.63) is 282 Å². The molecule has 1 aliphatic heterocycles. The molecule has 3 heterocycles. The summed E-state index contributed by atoms with van der Waals surface area (Å²) in [6.07, 6.45) is 7.39. The van der Waals surface area contributed by atoms with E-state index in [0.29, 0.717) is 23.5 Å². The van der Waals surface area contributed by atoms with Gasteiger partial charge in [0.15, 0.2) is 22.6 Å². The second-order valence-corrected chi connectivity index (χ2v) is 23.2. The van der Waals surface area contributed by atoms with Crippen LogP contribution in [0.4, 0.5) is 10.2 Å². The summed E-state index contributed by atoms with van der Waals surface area (Å²) < 4.78 is 79.5. The lowest BCUT2D eigenvalue weighted by Crippen LogP contribution is -2.49. The monoisotopic (exact) mass is 1210 g/mol. The summed E-state index contributed by atoms with van der Waals surface area (Å²) in [6.45, 7) is 1.55.